The summed E-state index contributed by atoms with van der Waals surface area (Å²) in [5.41, 5.74) is 0.646. The normalized spacial score (nSPS) is 10.7. The van der Waals surface area contributed by atoms with E-state index >= 15 is 0 Å². The van der Waals surface area contributed by atoms with E-state index in [4.69, 9.17) is 16.0 Å². The maximum Gasteiger partial charge on any atom is 0.256 e. The first-order valence-corrected chi connectivity index (χ1v) is 7.23. The monoisotopic (exact) mass is 333 g/mol. The number of amides is 1. The van der Waals surface area contributed by atoms with Crippen molar-refractivity contribution in [3.8, 4) is 11.5 Å². The topological polar surface area (TPSA) is 60.1 Å². The summed E-state index contributed by atoms with van der Waals surface area (Å²) < 4.78 is 21.0. The second-order valence-electron chi connectivity index (χ2n) is 4.89. The molecule has 0 atom stereocenters. The Hall–Kier alpha value is -2.60. The molecule has 0 bridgehead atoms. The van der Waals surface area contributed by atoms with Crippen molar-refractivity contribution >= 4 is 17.5 Å². The van der Waals surface area contributed by atoms with Crippen LogP contribution in [0, 0.1) is 5.82 Å². The molecule has 2 aromatic heterocycles. The van der Waals surface area contributed by atoms with E-state index in [0.717, 1.165) is 5.69 Å². The van der Waals surface area contributed by atoms with Crippen LogP contribution in [0.15, 0.2) is 47.0 Å². The van der Waals surface area contributed by atoms with Crippen LogP contribution in [-0.4, -0.2) is 15.7 Å². The molecule has 0 aliphatic carbocycles. The van der Waals surface area contributed by atoms with Crippen LogP contribution in [-0.2, 0) is 13.6 Å². The largest absolute Gasteiger partial charge is 0.458 e. The van der Waals surface area contributed by atoms with E-state index < -0.39 is 11.7 Å². The van der Waals surface area contributed by atoms with E-state index in [9.17, 15) is 9.18 Å². The van der Waals surface area contributed by atoms with Crippen LogP contribution in [0.1, 0.15) is 16.1 Å². The highest BCUT2D eigenvalue weighted by Gasteiger charge is 2.16. The van der Waals surface area contributed by atoms with Crippen molar-refractivity contribution in [1.82, 2.24) is 15.1 Å². The van der Waals surface area contributed by atoms with Crippen LogP contribution < -0.4 is 5.32 Å². The van der Waals surface area contributed by atoms with E-state index in [1.54, 1.807) is 30.1 Å². The molecule has 3 aromatic rings. The third-order valence-electron chi connectivity index (χ3n) is 3.35. The Morgan fingerprint density at radius 2 is 2.17 bits per heavy atom. The number of nitrogens with one attached hydrogen (secondary N) is 1. The molecule has 0 spiro atoms. The highest BCUT2D eigenvalue weighted by Crippen LogP contribution is 2.22. The highest BCUT2D eigenvalue weighted by atomic mass is 35.5. The van der Waals surface area contributed by atoms with Crippen molar-refractivity contribution in [3.63, 3.8) is 0 Å². The average Bonchev–Trinajstić information content (AvgIpc) is 3.13. The zero-order valence-corrected chi connectivity index (χ0v) is 13.0. The van der Waals surface area contributed by atoms with Crippen LogP contribution in [0.5, 0.6) is 0 Å². The molecule has 0 saturated heterocycles. The van der Waals surface area contributed by atoms with Crippen LogP contribution in [0.3, 0.4) is 0 Å². The number of benzene rings is 1. The SMILES string of the molecule is Cn1nccc1-c1ccc(CNC(=O)c2c(F)cccc2Cl)o1. The van der Waals surface area contributed by atoms with E-state index in [1.165, 1.54) is 18.2 Å². The van der Waals surface area contributed by atoms with Crippen molar-refractivity contribution in [2.45, 2.75) is 6.54 Å². The summed E-state index contributed by atoms with van der Waals surface area (Å²) in [4.78, 5) is 12.1. The number of aromatic nitrogens is 2. The number of carbonyl (C=O) groups is 1. The summed E-state index contributed by atoms with van der Waals surface area (Å²) in [6.45, 7) is 0.126. The number of rotatable bonds is 4. The Bertz CT molecular complexity index is 836. The molecular weight excluding hydrogens is 321 g/mol. The number of hydrogen-bond acceptors (Lipinski definition) is 3. The van der Waals surface area contributed by atoms with Gasteiger partial charge >= 0.3 is 0 Å². The van der Waals surface area contributed by atoms with Gasteiger partial charge in [0.2, 0.25) is 0 Å². The van der Waals surface area contributed by atoms with Gasteiger partial charge < -0.3 is 9.73 Å². The summed E-state index contributed by atoms with van der Waals surface area (Å²) in [6.07, 6.45) is 1.67. The Balaban J connectivity index is 1.71. The molecule has 0 saturated carbocycles. The van der Waals surface area contributed by atoms with Crippen molar-refractivity contribution in [2.24, 2.45) is 7.05 Å². The fourth-order valence-corrected chi connectivity index (χ4v) is 2.45. The molecular formula is C16H13ClFN3O2. The van der Waals surface area contributed by atoms with Gasteiger partial charge in [-0.1, -0.05) is 17.7 Å². The number of furan rings is 1. The lowest BCUT2D eigenvalue weighted by molar-refractivity contribution is 0.0944. The van der Waals surface area contributed by atoms with Gasteiger partial charge in [0.25, 0.3) is 5.91 Å². The first kappa shape index (κ1) is 15.3. The fraction of sp³-hybridized carbons (Fsp3) is 0.125. The molecule has 0 radical (unpaired) electrons. The number of carbonyl (C=O) groups excluding carboxylic acids is 1. The quantitative estimate of drug-likeness (QED) is 0.796. The van der Waals surface area contributed by atoms with Gasteiger partial charge in [-0.15, -0.1) is 0 Å². The third kappa shape index (κ3) is 3.12. The number of halogens is 2. The van der Waals surface area contributed by atoms with Crippen molar-refractivity contribution < 1.29 is 13.6 Å². The molecule has 23 heavy (non-hydrogen) atoms. The van der Waals surface area contributed by atoms with E-state index in [0.29, 0.717) is 11.5 Å². The third-order valence-corrected chi connectivity index (χ3v) is 3.66. The molecule has 5 nitrogen and oxygen atoms in total. The smallest absolute Gasteiger partial charge is 0.256 e. The van der Waals surface area contributed by atoms with Crippen molar-refractivity contribution in [3.05, 3.63) is 64.8 Å². The summed E-state index contributed by atoms with van der Waals surface area (Å²) in [5.74, 6) is -0.0724. The molecule has 0 aliphatic rings. The maximum atomic E-state index is 13.7. The lowest BCUT2D eigenvalue weighted by Crippen LogP contribution is -2.24. The zero-order valence-electron chi connectivity index (χ0n) is 12.2. The van der Waals surface area contributed by atoms with Crippen molar-refractivity contribution in [1.29, 1.82) is 0 Å². The lowest BCUT2D eigenvalue weighted by Gasteiger charge is -2.06. The second kappa shape index (κ2) is 6.26. The van der Waals surface area contributed by atoms with E-state index in [2.05, 4.69) is 10.4 Å². The molecule has 3 rings (SSSR count). The number of hydrogen-bond donors (Lipinski definition) is 1. The van der Waals surface area contributed by atoms with Crippen LogP contribution in [0.2, 0.25) is 5.02 Å². The van der Waals surface area contributed by atoms with Gasteiger partial charge in [-0.05, 0) is 30.3 Å². The van der Waals surface area contributed by atoms with E-state index in [1.807, 2.05) is 6.07 Å². The summed E-state index contributed by atoms with van der Waals surface area (Å²) in [7, 11) is 1.81. The summed E-state index contributed by atoms with van der Waals surface area (Å²) in [5, 5.41) is 6.72. The molecule has 0 aliphatic heterocycles. The van der Waals surface area contributed by atoms with Gasteiger partial charge in [0.15, 0.2) is 5.76 Å². The maximum absolute atomic E-state index is 13.7. The zero-order chi connectivity index (χ0) is 16.4. The van der Waals surface area contributed by atoms with Gasteiger partial charge in [0, 0.05) is 13.2 Å². The van der Waals surface area contributed by atoms with Gasteiger partial charge in [-0.2, -0.15) is 5.10 Å². The molecule has 0 unspecified atom stereocenters. The Kier molecular flexibility index (Phi) is 4.16. The molecule has 2 heterocycles. The molecule has 1 aromatic carbocycles. The Morgan fingerprint density at radius 1 is 1.35 bits per heavy atom. The summed E-state index contributed by atoms with van der Waals surface area (Å²) >= 11 is 5.86. The minimum Gasteiger partial charge on any atom is -0.458 e. The molecule has 1 N–H and O–H groups in total. The molecule has 1 amide bonds. The second-order valence-corrected chi connectivity index (χ2v) is 5.29. The fourth-order valence-electron chi connectivity index (χ4n) is 2.20. The molecule has 118 valence electrons. The minimum atomic E-state index is -0.662. The highest BCUT2D eigenvalue weighted by molar-refractivity contribution is 6.33. The lowest BCUT2D eigenvalue weighted by atomic mass is 10.2. The first-order valence-electron chi connectivity index (χ1n) is 6.85. The predicted octanol–water partition coefficient (Wildman–Crippen LogP) is 3.40. The van der Waals surface area contributed by atoms with Crippen molar-refractivity contribution in [2.75, 3.05) is 0 Å². The van der Waals surface area contributed by atoms with Gasteiger partial charge in [-0.25, -0.2) is 4.39 Å². The van der Waals surface area contributed by atoms with Gasteiger partial charge in [0.05, 0.1) is 17.1 Å². The number of aryl methyl sites for hydroxylation is 1. The summed E-state index contributed by atoms with van der Waals surface area (Å²) in [6, 6.07) is 9.45. The van der Waals surface area contributed by atoms with Crippen LogP contribution in [0.4, 0.5) is 4.39 Å². The predicted molar refractivity (Wildman–Crippen MR) is 83.5 cm³/mol. The molecule has 7 heteroatoms. The van der Waals surface area contributed by atoms with E-state index in [-0.39, 0.29) is 17.1 Å². The van der Waals surface area contributed by atoms with Gasteiger partial charge in [-0.3, -0.25) is 9.48 Å². The number of nitrogens with zero attached hydrogens (tertiary/aromatic N) is 2. The average molecular weight is 334 g/mol. The minimum absolute atomic E-state index is 0.0671. The van der Waals surface area contributed by atoms with Crippen LogP contribution in [0.25, 0.3) is 11.5 Å². The van der Waals surface area contributed by atoms with Crippen LogP contribution >= 0.6 is 11.6 Å². The molecule has 0 fully saturated rings. The Morgan fingerprint density at radius 3 is 2.87 bits per heavy atom. The Labute approximate surface area is 136 Å². The first-order chi connectivity index (χ1) is 11.1. The van der Waals surface area contributed by atoms with Gasteiger partial charge in [0.1, 0.15) is 17.3 Å². The standard InChI is InChI=1S/C16H13ClFN3O2/c1-21-13(7-8-20-21)14-6-5-10(23-14)9-19-16(22)15-11(17)3-2-4-12(15)18/h2-8H,9H2,1H3,(H,19,22).